The summed E-state index contributed by atoms with van der Waals surface area (Å²) in [5, 5.41) is 6.43. The van der Waals surface area contributed by atoms with Gasteiger partial charge in [0.1, 0.15) is 0 Å². The van der Waals surface area contributed by atoms with E-state index in [0.717, 1.165) is 5.56 Å². The van der Waals surface area contributed by atoms with Gasteiger partial charge in [0.15, 0.2) is 0 Å². The zero-order valence-corrected chi connectivity index (χ0v) is 15.5. The first-order valence-electron chi connectivity index (χ1n) is 8.12. The van der Waals surface area contributed by atoms with Gasteiger partial charge in [-0.2, -0.15) is 0 Å². The number of hydrogen-bond acceptors (Lipinski definition) is 3. The van der Waals surface area contributed by atoms with Gasteiger partial charge in [-0.05, 0) is 44.4 Å². The lowest BCUT2D eigenvalue weighted by molar-refractivity contribution is 0.225. The quantitative estimate of drug-likeness (QED) is 0.832. The van der Waals surface area contributed by atoms with Crippen LogP contribution in [-0.2, 0) is 10.0 Å². The summed E-state index contributed by atoms with van der Waals surface area (Å²) in [7, 11) is -3.14. The molecule has 2 N–H and O–H groups in total. The molecule has 6 nitrogen and oxygen atoms in total. The highest BCUT2D eigenvalue weighted by molar-refractivity contribution is 7.89. The third-order valence-corrected chi connectivity index (χ3v) is 6.36. The van der Waals surface area contributed by atoms with Crippen LogP contribution in [0, 0.1) is 0 Å². The normalized spacial score (nSPS) is 18.1. The number of benzene rings is 1. The summed E-state index contributed by atoms with van der Waals surface area (Å²) in [6.07, 6.45) is 1.25. The van der Waals surface area contributed by atoms with Crippen LogP contribution in [0.3, 0.4) is 0 Å². The number of halogens is 1. The molecule has 2 amide bonds. The molecule has 134 valence electrons. The van der Waals surface area contributed by atoms with Crippen LogP contribution >= 0.6 is 11.6 Å². The lowest BCUT2D eigenvalue weighted by Crippen LogP contribution is -2.49. The van der Waals surface area contributed by atoms with Gasteiger partial charge >= 0.3 is 6.03 Å². The maximum atomic E-state index is 12.1. The van der Waals surface area contributed by atoms with Crippen molar-refractivity contribution in [3.63, 3.8) is 0 Å². The number of nitrogens with one attached hydrogen (secondary N) is 2. The van der Waals surface area contributed by atoms with Gasteiger partial charge < -0.3 is 10.6 Å². The Labute approximate surface area is 148 Å². The van der Waals surface area contributed by atoms with E-state index in [1.165, 1.54) is 4.31 Å². The number of carbonyl (C=O) groups is 1. The number of rotatable bonds is 5. The maximum Gasteiger partial charge on any atom is 0.315 e. The van der Waals surface area contributed by atoms with Gasteiger partial charge in [0.05, 0.1) is 11.8 Å². The Balaban J connectivity index is 1.81. The van der Waals surface area contributed by atoms with Crippen LogP contribution < -0.4 is 10.6 Å². The number of hydrogen-bond donors (Lipinski definition) is 2. The molecule has 1 aromatic carbocycles. The Morgan fingerprint density at radius 1 is 1.38 bits per heavy atom. The monoisotopic (exact) mass is 373 g/mol. The van der Waals surface area contributed by atoms with Crippen LogP contribution in [0.25, 0.3) is 0 Å². The highest BCUT2D eigenvalue weighted by Gasteiger charge is 2.27. The first kappa shape index (κ1) is 19.0. The number of nitrogens with zero attached hydrogens (tertiary/aromatic N) is 1. The Morgan fingerprint density at radius 2 is 2.04 bits per heavy atom. The van der Waals surface area contributed by atoms with E-state index in [1.807, 2.05) is 25.1 Å². The Morgan fingerprint density at radius 3 is 2.62 bits per heavy atom. The minimum atomic E-state index is -3.14. The predicted molar refractivity (Wildman–Crippen MR) is 95.6 cm³/mol. The van der Waals surface area contributed by atoms with Crippen LogP contribution in [0.4, 0.5) is 4.79 Å². The van der Waals surface area contributed by atoms with Gasteiger partial charge in [0.2, 0.25) is 10.0 Å². The minimum Gasteiger partial charge on any atom is -0.335 e. The molecule has 1 aromatic rings. The summed E-state index contributed by atoms with van der Waals surface area (Å²) >= 11 is 5.96. The van der Waals surface area contributed by atoms with E-state index in [0.29, 0.717) is 31.0 Å². The molecule has 0 bridgehead atoms. The van der Waals surface area contributed by atoms with E-state index in [4.69, 9.17) is 11.6 Å². The summed E-state index contributed by atoms with van der Waals surface area (Å²) in [6, 6.07) is 6.93. The fourth-order valence-corrected chi connectivity index (χ4v) is 4.07. The Kier molecular flexibility index (Phi) is 6.48. The average molecular weight is 374 g/mol. The molecule has 0 aromatic heterocycles. The first-order chi connectivity index (χ1) is 11.3. The largest absolute Gasteiger partial charge is 0.335 e. The first-order valence-corrected chi connectivity index (χ1v) is 10.1. The van der Waals surface area contributed by atoms with Gasteiger partial charge in [0.25, 0.3) is 0 Å². The molecule has 0 aliphatic carbocycles. The van der Waals surface area contributed by atoms with Crippen molar-refractivity contribution in [2.24, 2.45) is 0 Å². The van der Waals surface area contributed by atoms with Crippen molar-refractivity contribution in [3.05, 3.63) is 34.9 Å². The SMILES string of the molecule is CCS(=O)(=O)N1CCC(NC(=O)N[C@@H](C)c2cccc(Cl)c2)CC1. The molecule has 0 unspecified atom stereocenters. The smallest absolute Gasteiger partial charge is 0.315 e. The summed E-state index contributed by atoms with van der Waals surface area (Å²) in [5.41, 5.74) is 0.932. The van der Waals surface area contributed by atoms with Crippen molar-refractivity contribution in [1.82, 2.24) is 14.9 Å². The fraction of sp³-hybridized carbons (Fsp3) is 0.562. The highest BCUT2D eigenvalue weighted by Crippen LogP contribution is 2.18. The number of piperidine rings is 1. The van der Waals surface area contributed by atoms with E-state index in [9.17, 15) is 13.2 Å². The zero-order valence-electron chi connectivity index (χ0n) is 14.0. The predicted octanol–water partition coefficient (Wildman–Crippen LogP) is 2.51. The van der Waals surface area contributed by atoms with Crippen molar-refractivity contribution in [2.45, 2.75) is 38.8 Å². The standard InChI is InChI=1S/C16H24ClN3O3S/c1-3-24(22,23)20-9-7-15(8-10-20)19-16(21)18-12(2)13-5-4-6-14(17)11-13/h4-6,11-12,15H,3,7-10H2,1-2H3,(H2,18,19,21)/t12-/m0/s1. The molecule has 0 spiro atoms. The van der Waals surface area contributed by atoms with Gasteiger partial charge in [-0.1, -0.05) is 23.7 Å². The Hall–Kier alpha value is -1.31. The second-order valence-corrected chi connectivity index (χ2v) is 8.66. The lowest BCUT2D eigenvalue weighted by Gasteiger charge is -2.31. The lowest BCUT2D eigenvalue weighted by atomic mass is 10.1. The second-order valence-electron chi connectivity index (χ2n) is 5.97. The maximum absolute atomic E-state index is 12.1. The fourth-order valence-electron chi connectivity index (χ4n) is 2.74. The molecular weight excluding hydrogens is 350 g/mol. The molecule has 1 fully saturated rings. The van der Waals surface area contributed by atoms with Gasteiger partial charge in [-0.25, -0.2) is 17.5 Å². The molecule has 0 radical (unpaired) electrons. The van der Waals surface area contributed by atoms with E-state index in [1.54, 1.807) is 13.0 Å². The topological polar surface area (TPSA) is 78.5 Å². The number of carbonyl (C=O) groups excluding carboxylic acids is 1. The number of amides is 2. The van der Waals surface area contributed by atoms with Crippen molar-refractivity contribution in [2.75, 3.05) is 18.8 Å². The zero-order chi connectivity index (χ0) is 17.7. The molecule has 1 aliphatic heterocycles. The molecule has 0 saturated carbocycles. The van der Waals surface area contributed by atoms with Gasteiger partial charge in [-0.15, -0.1) is 0 Å². The Bertz CT molecular complexity index is 673. The third-order valence-electron chi connectivity index (χ3n) is 4.24. The third kappa shape index (κ3) is 5.09. The molecule has 2 rings (SSSR count). The summed E-state index contributed by atoms with van der Waals surface area (Å²) in [4.78, 5) is 12.1. The van der Waals surface area contributed by atoms with Crippen LogP contribution in [0.15, 0.2) is 24.3 Å². The highest BCUT2D eigenvalue weighted by atomic mass is 35.5. The van der Waals surface area contributed by atoms with Crippen LogP contribution in [-0.4, -0.2) is 43.6 Å². The molecule has 1 saturated heterocycles. The minimum absolute atomic E-state index is 0.0140. The number of sulfonamides is 1. The van der Waals surface area contributed by atoms with Crippen LogP contribution in [0.2, 0.25) is 5.02 Å². The van der Waals surface area contributed by atoms with Crippen molar-refractivity contribution in [1.29, 1.82) is 0 Å². The summed E-state index contributed by atoms with van der Waals surface area (Å²) < 4.78 is 25.2. The molecule has 24 heavy (non-hydrogen) atoms. The van der Waals surface area contributed by atoms with E-state index in [-0.39, 0.29) is 23.9 Å². The summed E-state index contributed by atoms with van der Waals surface area (Å²) in [6.45, 7) is 4.43. The molecular formula is C16H24ClN3O3S. The molecule has 1 heterocycles. The van der Waals surface area contributed by atoms with Gasteiger partial charge in [0, 0.05) is 24.2 Å². The number of urea groups is 1. The van der Waals surface area contributed by atoms with Crippen molar-refractivity contribution in [3.8, 4) is 0 Å². The molecule has 1 atom stereocenters. The van der Waals surface area contributed by atoms with Crippen LogP contribution in [0.5, 0.6) is 0 Å². The van der Waals surface area contributed by atoms with Crippen LogP contribution in [0.1, 0.15) is 38.3 Å². The molecule has 8 heteroatoms. The van der Waals surface area contributed by atoms with E-state index >= 15 is 0 Å². The van der Waals surface area contributed by atoms with Crippen molar-refractivity contribution >= 4 is 27.7 Å². The van der Waals surface area contributed by atoms with E-state index < -0.39 is 10.0 Å². The van der Waals surface area contributed by atoms with E-state index in [2.05, 4.69) is 10.6 Å². The second kappa shape index (κ2) is 8.18. The van der Waals surface area contributed by atoms with Crippen molar-refractivity contribution < 1.29 is 13.2 Å². The summed E-state index contributed by atoms with van der Waals surface area (Å²) in [5.74, 6) is 0.114. The molecule has 1 aliphatic rings. The van der Waals surface area contributed by atoms with Gasteiger partial charge in [-0.3, -0.25) is 0 Å². The average Bonchev–Trinajstić information content (AvgIpc) is 2.55.